The van der Waals surface area contributed by atoms with E-state index < -0.39 is 15.1 Å². The maximum absolute atomic E-state index is 11.8. The highest BCUT2D eigenvalue weighted by atomic mass is 79.9. The summed E-state index contributed by atoms with van der Waals surface area (Å²) in [5.41, 5.74) is 3.27. The molecule has 0 fully saturated rings. The highest BCUT2D eigenvalue weighted by Crippen LogP contribution is 2.29. The van der Waals surface area contributed by atoms with E-state index in [1.54, 1.807) is 6.92 Å². The average molecular weight is 348 g/mol. The molecular weight excluding hydrogens is 326 g/mol. The molecular formula is C14H22BrNO2S. The molecule has 0 aromatic heterocycles. The standard InChI is InChI=1S/C14H22BrNO2S/c1-6-16-14(11(4)19(5,17)18)12-7-10(3)13(15)8-9(12)2/h7-8,11,14,16H,6H2,1-5H3. The lowest BCUT2D eigenvalue weighted by Crippen LogP contribution is -2.35. The second kappa shape index (κ2) is 6.37. The van der Waals surface area contributed by atoms with Gasteiger partial charge in [0.25, 0.3) is 0 Å². The van der Waals surface area contributed by atoms with Gasteiger partial charge < -0.3 is 5.32 Å². The molecule has 0 aliphatic carbocycles. The molecule has 1 aromatic rings. The number of hydrogen-bond acceptors (Lipinski definition) is 3. The van der Waals surface area contributed by atoms with Crippen LogP contribution in [0.3, 0.4) is 0 Å². The lowest BCUT2D eigenvalue weighted by molar-refractivity contribution is 0.511. The van der Waals surface area contributed by atoms with Crippen LogP contribution in [0.15, 0.2) is 16.6 Å². The summed E-state index contributed by atoms with van der Waals surface area (Å²) in [5.74, 6) is 0. The van der Waals surface area contributed by atoms with Crippen molar-refractivity contribution >= 4 is 25.8 Å². The topological polar surface area (TPSA) is 46.2 Å². The van der Waals surface area contributed by atoms with Crippen LogP contribution < -0.4 is 5.32 Å². The van der Waals surface area contributed by atoms with Gasteiger partial charge in [-0.05, 0) is 50.1 Å². The third-order valence-electron chi connectivity index (χ3n) is 3.45. The number of rotatable bonds is 5. The van der Waals surface area contributed by atoms with Gasteiger partial charge in [-0.1, -0.05) is 28.9 Å². The van der Waals surface area contributed by atoms with Crippen molar-refractivity contribution in [2.24, 2.45) is 0 Å². The van der Waals surface area contributed by atoms with Crippen molar-refractivity contribution in [3.8, 4) is 0 Å². The summed E-state index contributed by atoms with van der Waals surface area (Å²) >= 11 is 3.51. The molecule has 2 atom stereocenters. The SMILES string of the molecule is CCNC(c1cc(C)c(Br)cc1C)C(C)S(C)(=O)=O. The second-order valence-corrected chi connectivity index (χ2v) is 8.28. The Kier molecular flexibility index (Phi) is 5.59. The summed E-state index contributed by atoms with van der Waals surface area (Å²) in [6, 6.07) is 3.94. The second-order valence-electron chi connectivity index (χ2n) is 5.03. The summed E-state index contributed by atoms with van der Waals surface area (Å²) in [6.07, 6.45) is 1.29. The molecule has 3 nitrogen and oxygen atoms in total. The van der Waals surface area contributed by atoms with E-state index in [1.165, 1.54) is 6.26 Å². The number of benzene rings is 1. The van der Waals surface area contributed by atoms with E-state index in [0.717, 1.165) is 27.7 Å². The summed E-state index contributed by atoms with van der Waals surface area (Å²) in [7, 11) is -3.09. The average Bonchev–Trinajstić information content (AvgIpc) is 2.29. The van der Waals surface area contributed by atoms with Crippen LogP contribution in [0.25, 0.3) is 0 Å². The number of sulfone groups is 1. The Hall–Kier alpha value is -0.390. The minimum Gasteiger partial charge on any atom is -0.309 e. The Morgan fingerprint density at radius 1 is 1.26 bits per heavy atom. The van der Waals surface area contributed by atoms with Crippen LogP contribution in [0, 0.1) is 13.8 Å². The molecule has 1 aromatic carbocycles. The fourth-order valence-corrected chi connectivity index (χ4v) is 3.33. The third kappa shape index (κ3) is 4.04. The number of aryl methyl sites for hydroxylation is 2. The normalized spacial score (nSPS) is 15.3. The molecule has 2 unspecified atom stereocenters. The molecule has 0 bridgehead atoms. The smallest absolute Gasteiger partial charge is 0.151 e. The Balaban J connectivity index is 3.31. The first-order valence-electron chi connectivity index (χ1n) is 6.37. The molecule has 5 heteroatoms. The molecule has 19 heavy (non-hydrogen) atoms. The first-order chi connectivity index (χ1) is 8.68. The van der Waals surface area contributed by atoms with Crippen LogP contribution >= 0.6 is 15.9 Å². The van der Waals surface area contributed by atoms with Gasteiger partial charge in [-0.25, -0.2) is 8.42 Å². The van der Waals surface area contributed by atoms with Crippen LogP contribution in [-0.4, -0.2) is 26.5 Å². The van der Waals surface area contributed by atoms with Crippen molar-refractivity contribution in [3.05, 3.63) is 33.3 Å². The number of halogens is 1. The van der Waals surface area contributed by atoms with Gasteiger partial charge in [-0.15, -0.1) is 0 Å². The van der Waals surface area contributed by atoms with Gasteiger partial charge in [0.05, 0.1) is 5.25 Å². The molecule has 1 N–H and O–H groups in total. The lowest BCUT2D eigenvalue weighted by Gasteiger charge is -2.26. The maximum atomic E-state index is 11.8. The molecule has 0 radical (unpaired) electrons. The van der Waals surface area contributed by atoms with E-state index in [4.69, 9.17) is 0 Å². The van der Waals surface area contributed by atoms with Crippen LogP contribution in [0.1, 0.15) is 36.6 Å². The summed E-state index contributed by atoms with van der Waals surface area (Å²) in [6.45, 7) is 8.52. The molecule has 1 rings (SSSR count). The van der Waals surface area contributed by atoms with Crippen molar-refractivity contribution in [1.82, 2.24) is 5.32 Å². The van der Waals surface area contributed by atoms with Gasteiger partial charge in [0.1, 0.15) is 0 Å². The number of hydrogen-bond donors (Lipinski definition) is 1. The van der Waals surface area contributed by atoms with E-state index in [0.29, 0.717) is 0 Å². The molecule has 0 aliphatic rings. The fourth-order valence-electron chi connectivity index (χ4n) is 2.13. The van der Waals surface area contributed by atoms with Crippen LogP contribution in [0.4, 0.5) is 0 Å². The van der Waals surface area contributed by atoms with E-state index in [1.807, 2.05) is 26.8 Å². The monoisotopic (exact) mass is 347 g/mol. The predicted molar refractivity (Wildman–Crippen MR) is 84.3 cm³/mol. The van der Waals surface area contributed by atoms with E-state index in [-0.39, 0.29) is 6.04 Å². The first-order valence-corrected chi connectivity index (χ1v) is 9.12. The van der Waals surface area contributed by atoms with Crippen LogP contribution in [0.5, 0.6) is 0 Å². The quantitative estimate of drug-likeness (QED) is 0.889. The Morgan fingerprint density at radius 2 is 1.84 bits per heavy atom. The molecule has 0 saturated carbocycles. The zero-order valence-corrected chi connectivity index (χ0v) is 14.5. The Bertz CT molecular complexity index is 555. The fraction of sp³-hybridized carbons (Fsp3) is 0.571. The molecule has 0 heterocycles. The lowest BCUT2D eigenvalue weighted by atomic mass is 9.97. The van der Waals surface area contributed by atoms with Gasteiger partial charge in [-0.2, -0.15) is 0 Å². The third-order valence-corrected chi connectivity index (χ3v) is 5.93. The highest BCUT2D eigenvalue weighted by Gasteiger charge is 2.28. The van der Waals surface area contributed by atoms with E-state index in [2.05, 4.69) is 27.3 Å². The molecule has 0 saturated heterocycles. The van der Waals surface area contributed by atoms with Gasteiger partial charge in [-0.3, -0.25) is 0 Å². The van der Waals surface area contributed by atoms with Gasteiger partial charge in [0.15, 0.2) is 9.84 Å². The maximum Gasteiger partial charge on any atom is 0.151 e. The molecule has 0 amide bonds. The molecule has 108 valence electrons. The van der Waals surface area contributed by atoms with Crippen LogP contribution in [0.2, 0.25) is 0 Å². The van der Waals surface area contributed by atoms with Crippen LogP contribution in [-0.2, 0) is 9.84 Å². The zero-order chi connectivity index (χ0) is 14.8. The van der Waals surface area contributed by atoms with Gasteiger partial charge in [0, 0.05) is 16.8 Å². The predicted octanol–water partition coefficient (Wildman–Crippen LogP) is 3.15. The zero-order valence-electron chi connectivity index (χ0n) is 12.1. The summed E-state index contributed by atoms with van der Waals surface area (Å²) < 4.78 is 24.7. The van der Waals surface area contributed by atoms with E-state index in [9.17, 15) is 8.42 Å². The molecule has 0 spiro atoms. The largest absolute Gasteiger partial charge is 0.309 e. The minimum atomic E-state index is -3.09. The highest BCUT2D eigenvalue weighted by molar-refractivity contribution is 9.10. The van der Waals surface area contributed by atoms with Crippen molar-refractivity contribution < 1.29 is 8.42 Å². The Labute approximate surface area is 124 Å². The number of nitrogens with one attached hydrogen (secondary N) is 1. The van der Waals surface area contributed by atoms with E-state index >= 15 is 0 Å². The summed E-state index contributed by atoms with van der Waals surface area (Å²) in [5, 5.41) is 2.85. The summed E-state index contributed by atoms with van der Waals surface area (Å²) in [4.78, 5) is 0. The molecule has 0 aliphatic heterocycles. The van der Waals surface area contributed by atoms with Crippen molar-refractivity contribution in [2.75, 3.05) is 12.8 Å². The minimum absolute atomic E-state index is 0.174. The van der Waals surface area contributed by atoms with Crippen molar-refractivity contribution in [1.29, 1.82) is 0 Å². The van der Waals surface area contributed by atoms with Gasteiger partial charge in [0.2, 0.25) is 0 Å². The van der Waals surface area contributed by atoms with Crippen molar-refractivity contribution in [3.63, 3.8) is 0 Å². The van der Waals surface area contributed by atoms with Crippen molar-refractivity contribution in [2.45, 2.75) is 39.0 Å². The Morgan fingerprint density at radius 3 is 2.32 bits per heavy atom. The van der Waals surface area contributed by atoms with Gasteiger partial charge >= 0.3 is 0 Å². The first kappa shape index (κ1) is 16.7.